The van der Waals surface area contributed by atoms with Crippen LogP contribution in [-0.4, -0.2) is 21.4 Å². The molecule has 0 heterocycles. The average molecular weight is 278 g/mol. The predicted molar refractivity (Wildman–Crippen MR) is 83.6 cm³/mol. The summed E-state index contributed by atoms with van der Waals surface area (Å²) in [7, 11) is 0. The van der Waals surface area contributed by atoms with Crippen LogP contribution in [0.4, 0.5) is 0 Å². The number of rotatable bonds is 5. The first-order valence-corrected chi connectivity index (χ1v) is 8.23. The molecule has 0 spiro atoms. The van der Waals surface area contributed by atoms with Gasteiger partial charge in [-0.1, -0.05) is 51.7 Å². The number of hydrogen-bond acceptors (Lipinski definition) is 2. The molecule has 0 bridgehead atoms. The van der Waals surface area contributed by atoms with E-state index in [-0.39, 0.29) is 0 Å². The van der Waals surface area contributed by atoms with Gasteiger partial charge in [0.2, 0.25) is 0 Å². The molecule has 20 heavy (non-hydrogen) atoms. The van der Waals surface area contributed by atoms with Crippen LogP contribution in [0, 0.1) is 0 Å². The van der Waals surface area contributed by atoms with Gasteiger partial charge >= 0.3 is 0 Å². The van der Waals surface area contributed by atoms with E-state index in [9.17, 15) is 10.2 Å². The number of aliphatic hydroxyl groups is 2. The normalized spacial score (nSPS) is 25.1. The summed E-state index contributed by atoms with van der Waals surface area (Å²) in [6, 6.07) is 0. The topological polar surface area (TPSA) is 40.5 Å². The molecule has 0 aliphatic heterocycles. The van der Waals surface area contributed by atoms with Gasteiger partial charge in [0.1, 0.15) is 0 Å². The summed E-state index contributed by atoms with van der Waals surface area (Å²) in [6.45, 7) is 8.24. The highest BCUT2D eigenvalue weighted by Gasteiger charge is 2.33. The summed E-state index contributed by atoms with van der Waals surface area (Å²) in [6.07, 6.45) is 11.7. The van der Waals surface area contributed by atoms with E-state index in [1.807, 2.05) is 0 Å². The minimum Gasteiger partial charge on any atom is -0.390 e. The van der Waals surface area contributed by atoms with E-state index in [0.29, 0.717) is 12.8 Å². The molecule has 2 heteroatoms. The molecular formula is C18H30O2. The first-order chi connectivity index (χ1) is 9.43. The molecule has 0 radical (unpaired) electrons. The van der Waals surface area contributed by atoms with Crippen molar-refractivity contribution in [3.63, 3.8) is 0 Å². The maximum absolute atomic E-state index is 10.6. The molecule has 2 aliphatic carbocycles. The highest BCUT2D eigenvalue weighted by atomic mass is 16.3. The molecule has 2 saturated carbocycles. The monoisotopic (exact) mass is 278 g/mol. The van der Waals surface area contributed by atoms with Crippen molar-refractivity contribution in [2.75, 3.05) is 0 Å². The van der Waals surface area contributed by atoms with Gasteiger partial charge in [-0.25, -0.2) is 0 Å². The van der Waals surface area contributed by atoms with Crippen LogP contribution >= 0.6 is 0 Å². The highest BCUT2D eigenvalue weighted by molar-refractivity contribution is 5.28. The molecule has 0 aromatic carbocycles. The second-order valence-electron chi connectivity index (χ2n) is 7.13. The lowest BCUT2D eigenvalue weighted by atomic mass is 9.76. The fraction of sp³-hybridized carbons (Fsp3) is 0.778. The van der Waals surface area contributed by atoms with Crippen LogP contribution in [0.1, 0.15) is 77.0 Å². The zero-order valence-corrected chi connectivity index (χ0v) is 12.8. The summed E-state index contributed by atoms with van der Waals surface area (Å²) in [5.41, 5.74) is 0.725. The van der Waals surface area contributed by atoms with Crippen molar-refractivity contribution in [1.29, 1.82) is 0 Å². The summed E-state index contributed by atoms with van der Waals surface area (Å²) in [4.78, 5) is 0. The van der Waals surface area contributed by atoms with Crippen LogP contribution in [0.5, 0.6) is 0 Å². The first-order valence-electron chi connectivity index (χ1n) is 8.23. The van der Waals surface area contributed by atoms with Crippen LogP contribution in [-0.2, 0) is 0 Å². The fourth-order valence-electron chi connectivity index (χ4n) is 3.82. The van der Waals surface area contributed by atoms with E-state index in [1.165, 1.54) is 12.8 Å². The third-order valence-corrected chi connectivity index (χ3v) is 5.15. The third kappa shape index (κ3) is 4.20. The van der Waals surface area contributed by atoms with Gasteiger partial charge in [0.05, 0.1) is 11.2 Å². The Morgan fingerprint density at radius 2 is 0.950 bits per heavy atom. The maximum atomic E-state index is 10.6. The van der Waals surface area contributed by atoms with E-state index in [4.69, 9.17) is 0 Å². The van der Waals surface area contributed by atoms with E-state index in [1.54, 1.807) is 0 Å². The van der Waals surface area contributed by atoms with Crippen LogP contribution < -0.4 is 0 Å². The Labute approximate surface area is 123 Å². The summed E-state index contributed by atoms with van der Waals surface area (Å²) in [5, 5.41) is 21.2. The lowest BCUT2D eigenvalue weighted by Gasteiger charge is -2.36. The molecule has 2 rings (SSSR count). The van der Waals surface area contributed by atoms with E-state index >= 15 is 0 Å². The molecular weight excluding hydrogens is 248 g/mol. The Balaban J connectivity index is 1.86. The van der Waals surface area contributed by atoms with Gasteiger partial charge in [-0.05, 0) is 36.8 Å². The number of hydrogen-bond donors (Lipinski definition) is 2. The zero-order chi connectivity index (χ0) is 14.6. The Hall–Kier alpha value is -0.600. The second-order valence-corrected chi connectivity index (χ2v) is 7.13. The standard InChI is InChI=1S/C18H30O2/c1-15(13-17(19)9-5-3-6-10-17)16(2)14-18(20)11-7-4-8-12-18/h19-20H,1-14H2. The van der Waals surface area contributed by atoms with Crippen molar-refractivity contribution in [1.82, 2.24) is 0 Å². The molecule has 0 aromatic rings. The average Bonchev–Trinajstić information content (AvgIpc) is 2.39. The largest absolute Gasteiger partial charge is 0.390 e. The Morgan fingerprint density at radius 1 is 0.650 bits per heavy atom. The molecule has 0 amide bonds. The van der Waals surface area contributed by atoms with Gasteiger partial charge < -0.3 is 10.2 Å². The molecule has 0 saturated heterocycles. The highest BCUT2D eigenvalue weighted by Crippen LogP contribution is 2.38. The SMILES string of the molecule is C=C(CC1(O)CCCCC1)C(=C)CC1(O)CCCCC1. The summed E-state index contributed by atoms with van der Waals surface area (Å²) < 4.78 is 0. The van der Waals surface area contributed by atoms with Gasteiger partial charge in [-0.3, -0.25) is 0 Å². The molecule has 0 unspecified atom stereocenters. The lowest BCUT2D eigenvalue weighted by Crippen LogP contribution is -2.34. The van der Waals surface area contributed by atoms with E-state index < -0.39 is 11.2 Å². The van der Waals surface area contributed by atoms with E-state index in [0.717, 1.165) is 62.5 Å². The molecule has 114 valence electrons. The Bertz CT molecular complexity index is 322. The van der Waals surface area contributed by atoms with Crippen molar-refractivity contribution >= 4 is 0 Å². The maximum Gasteiger partial charge on any atom is 0.0687 e. The Morgan fingerprint density at radius 3 is 1.25 bits per heavy atom. The molecule has 2 aliphatic rings. The van der Waals surface area contributed by atoms with Crippen LogP contribution in [0.25, 0.3) is 0 Å². The first kappa shape index (κ1) is 15.8. The third-order valence-electron chi connectivity index (χ3n) is 5.15. The van der Waals surface area contributed by atoms with Gasteiger partial charge in [-0.2, -0.15) is 0 Å². The second kappa shape index (κ2) is 6.44. The van der Waals surface area contributed by atoms with Gasteiger partial charge in [0.25, 0.3) is 0 Å². The van der Waals surface area contributed by atoms with Crippen molar-refractivity contribution in [3.05, 3.63) is 24.3 Å². The van der Waals surface area contributed by atoms with Crippen LogP contribution in [0.15, 0.2) is 24.3 Å². The molecule has 2 N–H and O–H groups in total. The van der Waals surface area contributed by atoms with Crippen LogP contribution in [0.2, 0.25) is 0 Å². The Kier molecular flexibility index (Phi) is 5.09. The summed E-state index contributed by atoms with van der Waals surface area (Å²) >= 11 is 0. The summed E-state index contributed by atoms with van der Waals surface area (Å²) in [5.74, 6) is 0. The quantitative estimate of drug-likeness (QED) is 0.737. The molecule has 0 atom stereocenters. The van der Waals surface area contributed by atoms with Gasteiger partial charge in [0, 0.05) is 12.8 Å². The van der Waals surface area contributed by atoms with Gasteiger partial charge in [0.15, 0.2) is 0 Å². The molecule has 0 aromatic heterocycles. The van der Waals surface area contributed by atoms with E-state index in [2.05, 4.69) is 13.2 Å². The molecule has 2 fully saturated rings. The lowest BCUT2D eigenvalue weighted by molar-refractivity contribution is -0.00114. The van der Waals surface area contributed by atoms with Crippen molar-refractivity contribution in [2.45, 2.75) is 88.3 Å². The minimum absolute atomic E-state index is 0.576. The zero-order valence-electron chi connectivity index (χ0n) is 12.8. The van der Waals surface area contributed by atoms with Crippen molar-refractivity contribution in [3.8, 4) is 0 Å². The van der Waals surface area contributed by atoms with Gasteiger partial charge in [-0.15, -0.1) is 0 Å². The minimum atomic E-state index is -0.576. The molecule has 2 nitrogen and oxygen atoms in total. The van der Waals surface area contributed by atoms with Crippen molar-refractivity contribution < 1.29 is 10.2 Å². The van der Waals surface area contributed by atoms with Crippen LogP contribution in [0.3, 0.4) is 0 Å². The smallest absolute Gasteiger partial charge is 0.0687 e. The van der Waals surface area contributed by atoms with Crippen molar-refractivity contribution in [2.24, 2.45) is 0 Å². The predicted octanol–water partition coefficient (Wildman–Crippen LogP) is 4.27. The fourth-order valence-corrected chi connectivity index (χ4v) is 3.82.